The van der Waals surface area contributed by atoms with Crippen LogP contribution in [0, 0.1) is 10.1 Å². The van der Waals surface area contributed by atoms with Crippen molar-refractivity contribution in [3.63, 3.8) is 0 Å². The minimum atomic E-state index is -0.497. The molecule has 8 nitrogen and oxygen atoms in total. The Kier molecular flexibility index (Phi) is 4.87. The monoisotopic (exact) mass is 383 g/mol. The Labute approximate surface area is 162 Å². The number of ether oxygens (including phenoxy) is 2. The van der Waals surface area contributed by atoms with Gasteiger partial charge in [0.15, 0.2) is 11.5 Å². The lowest BCUT2D eigenvalue weighted by atomic mass is 9.95. The van der Waals surface area contributed by atoms with Crippen LogP contribution in [0.1, 0.15) is 17.0 Å². The summed E-state index contributed by atoms with van der Waals surface area (Å²) in [7, 11) is 0. The quantitative estimate of drug-likeness (QED) is 0.638. The molecule has 0 bridgehead atoms. The second-order valence-electron chi connectivity index (χ2n) is 7.04. The highest BCUT2D eigenvalue weighted by atomic mass is 16.6. The van der Waals surface area contributed by atoms with E-state index in [1.165, 1.54) is 12.1 Å². The van der Waals surface area contributed by atoms with Crippen molar-refractivity contribution >= 4 is 11.6 Å². The van der Waals surface area contributed by atoms with Gasteiger partial charge in [0, 0.05) is 30.6 Å². The number of hydrogen-bond acceptors (Lipinski definition) is 6. The van der Waals surface area contributed by atoms with Crippen molar-refractivity contribution in [3.05, 3.63) is 63.7 Å². The number of hydrogen-bond donors (Lipinski definition) is 1. The molecule has 28 heavy (non-hydrogen) atoms. The summed E-state index contributed by atoms with van der Waals surface area (Å²) in [6, 6.07) is 12.6. The first-order chi connectivity index (χ1) is 13.5. The summed E-state index contributed by atoms with van der Waals surface area (Å²) >= 11 is 0. The second kappa shape index (κ2) is 7.47. The van der Waals surface area contributed by atoms with Crippen LogP contribution in [0.15, 0.2) is 42.5 Å². The molecule has 2 aromatic carbocycles. The number of carbonyl (C=O) groups excluding carboxylic acids is 1. The van der Waals surface area contributed by atoms with Gasteiger partial charge in [0.1, 0.15) is 13.2 Å². The molecule has 0 aromatic heterocycles. The van der Waals surface area contributed by atoms with E-state index >= 15 is 0 Å². The number of fused-ring (bicyclic) bond motifs is 1. The minimum absolute atomic E-state index is 0.0559. The van der Waals surface area contributed by atoms with Gasteiger partial charge >= 0.3 is 0 Å². The molecule has 0 unspecified atom stereocenters. The van der Waals surface area contributed by atoms with E-state index in [1.54, 1.807) is 4.90 Å². The topological polar surface area (TPSA) is 108 Å². The lowest BCUT2D eigenvalue weighted by Gasteiger charge is -2.20. The van der Waals surface area contributed by atoms with Crippen LogP contribution in [-0.4, -0.2) is 48.1 Å². The maximum atomic E-state index is 12.9. The van der Waals surface area contributed by atoms with Crippen molar-refractivity contribution in [2.24, 2.45) is 5.73 Å². The number of likely N-dealkylation sites (tertiary alicyclic amines) is 1. The summed E-state index contributed by atoms with van der Waals surface area (Å²) in [5.74, 6) is 0.635. The second-order valence-corrected chi connectivity index (χ2v) is 7.04. The molecule has 2 aromatic rings. The molecule has 0 radical (unpaired) electrons. The summed E-state index contributed by atoms with van der Waals surface area (Å²) in [6.07, 6.45) is -0.0822. The van der Waals surface area contributed by atoms with Crippen molar-refractivity contribution in [2.75, 3.05) is 26.3 Å². The molecule has 4 rings (SSSR count). The first-order valence-electron chi connectivity index (χ1n) is 9.18. The predicted octanol–water partition coefficient (Wildman–Crippen LogP) is 1.86. The molecular formula is C20H21N3O5. The number of nitrogens with two attached hydrogens (primary N) is 1. The van der Waals surface area contributed by atoms with Crippen LogP contribution in [0.3, 0.4) is 0 Å². The molecule has 2 aliphatic rings. The zero-order chi connectivity index (χ0) is 19.7. The van der Waals surface area contributed by atoms with E-state index in [-0.39, 0.29) is 30.0 Å². The van der Waals surface area contributed by atoms with Gasteiger partial charge in [0.2, 0.25) is 5.91 Å². The van der Waals surface area contributed by atoms with E-state index in [0.29, 0.717) is 43.4 Å². The zero-order valence-corrected chi connectivity index (χ0v) is 15.2. The number of nitro groups is 1. The molecule has 8 heteroatoms. The number of amides is 1. The maximum Gasteiger partial charge on any atom is 0.277 e. The van der Waals surface area contributed by atoms with Crippen LogP contribution in [0.25, 0.3) is 0 Å². The van der Waals surface area contributed by atoms with Gasteiger partial charge in [-0.15, -0.1) is 0 Å². The summed E-state index contributed by atoms with van der Waals surface area (Å²) in [4.78, 5) is 25.5. The summed E-state index contributed by atoms with van der Waals surface area (Å²) in [6.45, 7) is 1.64. The third kappa shape index (κ3) is 3.50. The maximum absolute atomic E-state index is 12.9. The molecule has 1 saturated heterocycles. The number of rotatable bonds is 4. The van der Waals surface area contributed by atoms with Gasteiger partial charge in [-0.3, -0.25) is 14.9 Å². The zero-order valence-electron chi connectivity index (χ0n) is 15.2. The largest absolute Gasteiger partial charge is 0.486 e. The molecule has 2 aliphatic heterocycles. The van der Waals surface area contributed by atoms with Gasteiger partial charge in [-0.05, 0) is 11.6 Å². The number of carbonyl (C=O) groups is 1. The van der Waals surface area contributed by atoms with Gasteiger partial charge in [0.05, 0.1) is 17.4 Å². The Bertz CT molecular complexity index is 902. The Hall–Kier alpha value is -3.13. The normalized spacial score (nSPS) is 20.8. The molecule has 2 atom stereocenters. The van der Waals surface area contributed by atoms with Gasteiger partial charge in [0.25, 0.3) is 5.69 Å². The molecule has 0 aliphatic carbocycles. The fraction of sp³-hybridized carbons (Fsp3) is 0.350. The first kappa shape index (κ1) is 18.2. The van der Waals surface area contributed by atoms with Crippen LogP contribution < -0.4 is 15.2 Å². The van der Waals surface area contributed by atoms with Gasteiger partial charge in [-0.2, -0.15) is 0 Å². The van der Waals surface area contributed by atoms with Crippen molar-refractivity contribution in [2.45, 2.75) is 18.4 Å². The summed E-state index contributed by atoms with van der Waals surface area (Å²) in [5, 5.41) is 11.5. The highest BCUT2D eigenvalue weighted by molar-refractivity contribution is 5.81. The van der Waals surface area contributed by atoms with Crippen LogP contribution in [0.2, 0.25) is 0 Å². The predicted molar refractivity (Wildman–Crippen MR) is 102 cm³/mol. The van der Waals surface area contributed by atoms with E-state index in [4.69, 9.17) is 15.2 Å². The SMILES string of the molecule is N[C@@H]1CN(C(=O)Cc2cc3c(cc2[N+](=O)[O-])OCCO3)C[C@H]1c1ccccc1. The number of benzene rings is 2. The third-order valence-electron chi connectivity index (χ3n) is 5.23. The Morgan fingerprint density at radius 2 is 1.82 bits per heavy atom. The lowest BCUT2D eigenvalue weighted by molar-refractivity contribution is -0.385. The molecule has 2 N–H and O–H groups in total. The molecule has 0 spiro atoms. The van der Waals surface area contributed by atoms with Crippen LogP contribution in [-0.2, 0) is 11.2 Å². The third-order valence-corrected chi connectivity index (χ3v) is 5.23. The van der Waals surface area contributed by atoms with Crippen LogP contribution in [0.4, 0.5) is 5.69 Å². The summed E-state index contributed by atoms with van der Waals surface area (Å²) in [5.41, 5.74) is 7.53. The highest BCUT2D eigenvalue weighted by Gasteiger charge is 2.34. The Morgan fingerprint density at radius 3 is 2.50 bits per heavy atom. The van der Waals surface area contributed by atoms with E-state index in [9.17, 15) is 14.9 Å². The summed E-state index contributed by atoms with van der Waals surface area (Å²) < 4.78 is 10.9. The lowest BCUT2D eigenvalue weighted by Crippen LogP contribution is -2.33. The fourth-order valence-electron chi connectivity index (χ4n) is 3.79. The van der Waals surface area contributed by atoms with E-state index in [0.717, 1.165) is 5.56 Å². The van der Waals surface area contributed by atoms with Crippen molar-refractivity contribution < 1.29 is 19.2 Å². The van der Waals surface area contributed by atoms with E-state index in [2.05, 4.69) is 0 Å². The van der Waals surface area contributed by atoms with Crippen LogP contribution in [0.5, 0.6) is 11.5 Å². The smallest absolute Gasteiger partial charge is 0.277 e. The molecule has 0 saturated carbocycles. The highest BCUT2D eigenvalue weighted by Crippen LogP contribution is 2.37. The van der Waals surface area contributed by atoms with Crippen molar-refractivity contribution in [1.82, 2.24) is 4.90 Å². The van der Waals surface area contributed by atoms with Gasteiger partial charge in [-0.1, -0.05) is 30.3 Å². The molecule has 1 fully saturated rings. The van der Waals surface area contributed by atoms with Gasteiger partial charge in [-0.25, -0.2) is 0 Å². The fourth-order valence-corrected chi connectivity index (χ4v) is 3.79. The molecule has 146 valence electrons. The van der Waals surface area contributed by atoms with Gasteiger partial charge < -0.3 is 20.1 Å². The van der Waals surface area contributed by atoms with E-state index < -0.39 is 4.92 Å². The minimum Gasteiger partial charge on any atom is -0.486 e. The van der Waals surface area contributed by atoms with E-state index in [1.807, 2.05) is 30.3 Å². The van der Waals surface area contributed by atoms with Crippen molar-refractivity contribution in [1.29, 1.82) is 0 Å². The Morgan fingerprint density at radius 1 is 1.14 bits per heavy atom. The Balaban J connectivity index is 1.53. The molecular weight excluding hydrogens is 362 g/mol. The number of nitro benzene ring substituents is 1. The van der Waals surface area contributed by atoms with Crippen LogP contribution >= 0.6 is 0 Å². The average molecular weight is 383 g/mol. The van der Waals surface area contributed by atoms with Crippen molar-refractivity contribution in [3.8, 4) is 11.5 Å². The molecule has 2 heterocycles. The molecule has 1 amide bonds. The average Bonchev–Trinajstić information content (AvgIpc) is 3.10. The first-order valence-corrected chi connectivity index (χ1v) is 9.18. The number of nitrogens with zero attached hydrogens (tertiary/aromatic N) is 2. The standard InChI is InChI=1S/C20H21N3O5/c21-16-12-22(11-15(16)13-4-2-1-3-5-13)20(24)9-14-8-18-19(28-7-6-27-18)10-17(14)23(25)26/h1-5,8,10,15-16H,6-7,9,11-12,21H2/t15-,16+/m0/s1.